The fourth-order valence-corrected chi connectivity index (χ4v) is 4.24. The summed E-state index contributed by atoms with van der Waals surface area (Å²) in [6, 6.07) is 0. The molecule has 30 heavy (non-hydrogen) atoms. The van der Waals surface area contributed by atoms with Crippen molar-refractivity contribution < 1.29 is 9.53 Å². The molecule has 0 radical (unpaired) electrons. The summed E-state index contributed by atoms with van der Waals surface area (Å²) >= 11 is 0. The first-order chi connectivity index (χ1) is 14.0. The van der Waals surface area contributed by atoms with E-state index in [-0.39, 0.29) is 29.5 Å². The van der Waals surface area contributed by atoms with Crippen LogP contribution in [-0.4, -0.2) is 111 Å². The van der Waals surface area contributed by atoms with Gasteiger partial charge in [-0.3, -0.25) is 19.6 Å². The van der Waals surface area contributed by atoms with Crippen LogP contribution in [0, 0.1) is 5.92 Å². The van der Waals surface area contributed by atoms with Crippen molar-refractivity contribution >= 4 is 35.8 Å². The molecule has 8 nitrogen and oxygen atoms in total. The Morgan fingerprint density at radius 3 is 2.30 bits per heavy atom. The van der Waals surface area contributed by atoms with Crippen LogP contribution in [0.4, 0.5) is 0 Å². The number of ether oxygens (including phenoxy) is 1. The van der Waals surface area contributed by atoms with Crippen LogP contribution < -0.4 is 10.6 Å². The Morgan fingerprint density at radius 1 is 1.07 bits per heavy atom. The Bertz CT molecular complexity index is 556. The van der Waals surface area contributed by atoms with Gasteiger partial charge in [-0.15, -0.1) is 24.0 Å². The number of carbonyl (C=O) groups excluding carboxylic acids is 1. The summed E-state index contributed by atoms with van der Waals surface area (Å²) in [5, 5.41) is 6.91. The van der Waals surface area contributed by atoms with E-state index in [4.69, 9.17) is 4.74 Å². The second-order valence-electron chi connectivity index (χ2n) is 9.06. The second kappa shape index (κ2) is 12.4. The van der Waals surface area contributed by atoms with Gasteiger partial charge in [0, 0.05) is 77.4 Å². The van der Waals surface area contributed by atoms with E-state index in [9.17, 15) is 4.79 Å². The van der Waals surface area contributed by atoms with Crippen LogP contribution in [0.15, 0.2) is 4.99 Å². The van der Waals surface area contributed by atoms with Crippen LogP contribution in [0.5, 0.6) is 0 Å². The van der Waals surface area contributed by atoms with Crippen LogP contribution in [0.3, 0.4) is 0 Å². The molecule has 2 aliphatic heterocycles. The molecule has 0 atom stereocenters. The summed E-state index contributed by atoms with van der Waals surface area (Å²) in [5.41, 5.74) is 0.0602. The van der Waals surface area contributed by atoms with Crippen molar-refractivity contribution in [2.24, 2.45) is 10.9 Å². The molecule has 0 spiro atoms. The maximum atomic E-state index is 12.4. The summed E-state index contributed by atoms with van der Waals surface area (Å²) < 4.78 is 5.47. The Kier molecular flexibility index (Phi) is 10.6. The molecule has 174 valence electrons. The maximum absolute atomic E-state index is 12.4. The highest BCUT2D eigenvalue weighted by Gasteiger charge is 2.31. The van der Waals surface area contributed by atoms with Crippen molar-refractivity contribution in [3.8, 4) is 0 Å². The van der Waals surface area contributed by atoms with Gasteiger partial charge in [0.1, 0.15) is 0 Å². The highest BCUT2D eigenvalue weighted by Crippen LogP contribution is 2.28. The van der Waals surface area contributed by atoms with Crippen LogP contribution in [-0.2, 0) is 9.53 Å². The number of nitrogens with zero attached hydrogens (tertiary/aromatic N) is 4. The number of nitrogens with one attached hydrogen (secondary N) is 2. The number of hydrogen-bond acceptors (Lipinski definition) is 5. The topological polar surface area (TPSA) is 72.4 Å². The third-order valence-corrected chi connectivity index (χ3v) is 6.64. The Morgan fingerprint density at radius 2 is 1.73 bits per heavy atom. The van der Waals surface area contributed by atoms with Crippen LogP contribution in [0.25, 0.3) is 0 Å². The van der Waals surface area contributed by atoms with E-state index in [0.29, 0.717) is 11.8 Å². The molecular formula is C21H41IN6O2. The normalized spacial score (nSPS) is 22.2. The van der Waals surface area contributed by atoms with Crippen molar-refractivity contribution in [3.05, 3.63) is 0 Å². The summed E-state index contributed by atoms with van der Waals surface area (Å²) in [6.07, 6.45) is 3.41. The van der Waals surface area contributed by atoms with Gasteiger partial charge >= 0.3 is 0 Å². The summed E-state index contributed by atoms with van der Waals surface area (Å²) in [5.74, 6) is 1.56. The van der Waals surface area contributed by atoms with Crippen molar-refractivity contribution in [2.75, 3.05) is 79.2 Å². The summed E-state index contributed by atoms with van der Waals surface area (Å²) in [4.78, 5) is 23.7. The van der Waals surface area contributed by atoms with E-state index in [1.54, 1.807) is 0 Å². The first kappa shape index (κ1) is 25.6. The minimum absolute atomic E-state index is 0. The molecule has 1 aliphatic carbocycles. The van der Waals surface area contributed by atoms with Gasteiger partial charge < -0.3 is 20.3 Å². The monoisotopic (exact) mass is 536 g/mol. The van der Waals surface area contributed by atoms with Crippen LogP contribution >= 0.6 is 24.0 Å². The SMILES string of the molecule is CN=C(NCCN1CCN(C(=O)C2CCC2)CC1)NCC(C)(C)N1CCOCC1.I. The molecule has 3 aliphatic rings. The number of hydrogen-bond donors (Lipinski definition) is 2. The van der Waals surface area contributed by atoms with E-state index >= 15 is 0 Å². The van der Waals surface area contributed by atoms with Gasteiger partial charge in [-0.2, -0.15) is 0 Å². The average Bonchev–Trinajstić information content (AvgIpc) is 2.70. The molecule has 0 aromatic carbocycles. The predicted octanol–water partition coefficient (Wildman–Crippen LogP) is 0.825. The molecule has 0 aromatic rings. The zero-order valence-corrected chi connectivity index (χ0v) is 21.3. The third-order valence-electron chi connectivity index (χ3n) is 6.64. The minimum Gasteiger partial charge on any atom is -0.379 e. The fourth-order valence-electron chi connectivity index (χ4n) is 4.24. The number of piperazine rings is 1. The van der Waals surface area contributed by atoms with Gasteiger partial charge in [-0.1, -0.05) is 6.42 Å². The fraction of sp³-hybridized carbons (Fsp3) is 0.905. The number of amides is 1. The number of guanidine groups is 1. The Labute approximate surface area is 199 Å². The lowest BCUT2D eigenvalue weighted by Gasteiger charge is -2.41. The first-order valence-corrected chi connectivity index (χ1v) is 11.3. The number of halogens is 1. The van der Waals surface area contributed by atoms with Gasteiger partial charge in [-0.25, -0.2) is 0 Å². The van der Waals surface area contributed by atoms with E-state index < -0.39 is 0 Å². The minimum atomic E-state index is 0. The van der Waals surface area contributed by atoms with Crippen molar-refractivity contribution in [2.45, 2.75) is 38.6 Å². The van der Waals surface area contributed by atoms with E-state index in [2.05, 4.69) is 44.2 Å². The molecule has 3 rings (SSSR count). The zero-order valence-electron chi connectivity index (χ0n) is 19.0. The lowest BCUT2D eigenvalue weighted by atomic mass is 9.84. The lowest BCUT2D eigenvalue weighted by Crippen LogP contribution is -2.57. The maximum Gasteiger partial charge on any atom is 0.225 e. The van der Waals surface area contributed by atoms with Gasteiger partial charge in [-0.05, 0) is 26.7 Å². The molecule has 2 saturated heterocycles. The molecule has 1 amide bonds. The molecular weight excluding hydrogens is 495 g/mol. The average molecular weight is 537 g/mol. The van der Waals surface area contributed by atoms with Crippen LogP contribution in [0.1, 0.15) is 33.1 Å². The van der Waals surface area contributed by atoms with Crippen LogP contribution in [0.2, 0.25) is 0 Å². The molecule has 2 heterocycles. The predicted molar refractivity (Wildman–Crippen MR) is 132 cm³/mol. The lowest BCUT2D eigenvalue weighted by molar-refractivity contribution is -0.139. The number of aliphatic imine (C=N–C) groups is 1. The smallest absolute Gasteiger partial charge is 0.225 e. The second-order valence-corrected chi connectivity index (χ2v) is 9.06. The molecule has 9 heteroatoms. The van der Waals surface area contributed by atoms with Gasteiger partial charge in [0.15, 0.2) is 5.96 Å². The van der Waals surface area contributed by atoms with Crippen molar-refractivity contribution in [1.29, 1.82) is 0 Å². The van der Waals surface area contributed by atoms with E-state index in [1.165, 1.54) is 6.42 Å². The summed E-state index contributed by atoms with van der Waals surface area (Å²) in [7, 11) is 1.82. The molecule has 0 bridgehead atoms. The molecule has 0 aromatic heterocycles. The first-order valence-electron chi connectivity index (χ1n) is 11.3. The molecule has 1 saturated carbocycles. The van der Waals surface area contributed by atoms with E-state index in [1.807, 2.05) is 7.05 Å². The highest BCUT2D eigenvalue weighted by molar-refractivity contribution is 14.0. The molecule has 2 N–H and O–H groups in total. The standard InChI is InChI=1S/C21H40N6O2.HI/c1-21(2,27-13-15-29-16-14-27)17-24-20(22-3)23-7-8-25-9-11-26(12-10-25)19(28)18-5-4-6-18;/h18H,4-17H2,1-3H3,(H2,22,23,24);1H. The van der Waals surface area contributed by atoms with Gasteiger partial charge in [0.25, 0.3) is 0 Å². The largest absolute Gasteiger partial charge is 0.379 e. The number of carbonyl (C=O) groups is 1. The zero-order chi connectivity index (χ0) is 20.7. The Hall–Kier alpha value is -0.650. The number of rotatable bonds is 7. The van der Waals surface area contributed by atoms with E-state index in [0.717, 1.165) is 90.9 Å². The number of morpholine rings is 1. The van der Waals surface area contributed by atoms with Gasteiger partial charge in [0.05, 0.1) is 13.2 Å². The van der Waals surface area contributed by atoms with Gasteiger partial charge in [0.2, 0.25) is 5.91 Å². The Balaban J connectivity index is 0.00000320. The quantitative estimate of drug-likeness (QED) is 0.286. The third kappa shape index (κ3) is 7.20. The summed E-state index contributed by atoms with van der Waals surface area (Å²) in [6.45, 7) is 14.5. The molecule has 3 fully saturated rings. The highest BCUT2D eigenvalue weighted by atomic mass is 127. The van der Waals surface area contributed by atoms with Crippen molar-refractivity contribution in [1.82, 2.24) is 25.3 Å². The van der Waals surface area contributed by atoms with Crippen molar-refractivity contribution in [3.63, 3.8) is 0 Å². The molecule has 0 unspecified atom stereocenters.